The highest BCUT2D eigenvalue weighted by Crippen LogP contribution is 2.30. The number of carbonyl (C=O) groups excluding carboxylic acids is 1. The maximum Gasteiger partial charge on any atom is 0.247 e. The third-order valence-electron chi connectivity index (χ3n) is 8.23. The summed E-state index contributed by atoms with van der Waals surface area (Å²) in [6.07, 6.45) is 27.6. The molecule has 6 nitrogen and oxygen atoms in total. The summed E-state index contributed by atoms with van der Waals surface area (Å²) < 4.78 is 11.8. The number of nitrogens with zero attached hydrogens (tertiary/aromatic N) is 3. The summed E-state index contributed by atoms with van der Waals surface area (Å²) in [6, 6.07) is 14.1. The fourth-order valence-electron chi connectivity index (χ4n) is 5.70. The summed E-state index contributed by atoms with van der Waals surface area (Å²) in [5.74, 6) is 2.34. The number of amidine groups is 1. The van der Waals surface area contributed by atoms with Crippen molar-refractivity contribution in [3.05, 3.63) is 89.9 Å². The lowest BCUT2D eigenvalue weighted by molar-refractivity contribution is -0.116. The van der Waals surface area contributed by atoms with Crippen molar-refractivity contribution in [2.24, 2.45) is 4.99 Å². The van der Waals surface area contributed by atoms with Gasteiger partial charge in [-0.25, -0.2) is 4.90 Å². The topological polar surface area (TPSA) is 54.4 Å². The average Bonchev–Trinajstić information content (AvgIpc) is 3.45. The molecule has 0 fully saturated rings. The monoisotopic (exact) mass is 596 g/mol. The number of rotatable bonds is 20. The predicted molar refractivity (Wildman–Crippen MR) is 181 cm³/mol. The van der Waals surface area contributed by atoms with Gasteiger partial charge in [0.2, 0.25) is 17.4 Å². The molecule has 2 aromatic rings. The highest BCUT2D eigenvalue weighted by molar-refractivity contribution is 5.92. The first-order valence-corrected chi connectivity index (χ1v) is 16.6. The van der Waals surface area contributed by atoms with Crippen LogP contribution in [0, 0.1) is 6.20 Å². The zero-order chi connectivity index (χ0) is 31.0. The summed E-state index contributed by atoms with van der Waals surface area (Å²) in [5.41, 5.74) is 3.86. The Kier molecular flexibility index (Phi) is 13.5. The molecule has 2 aliphatic rings. The van der Waals surface area contributed by atoms with Crippen molar-refractivity contribution >= 4 is 17.4 Å². The lowest BCUT2D eigenvalue weighted by Gasteiger charge is -2.23. The van der Waals surface area contributed by atoms with Crippen molar-refractivity contribution < 1.29 is 14.3 Å². The first-order chi connectivity index (χ1) is 21.6. The second kappa shape index (κ2) is 18.0. The number of carbonyl (C=O) groups is 1. The van der Waals surface area contributed by atoms with E-state index in [2.05, 4.69) is 30.2 Å². The van der Waals surface area contributed by atoms with Crippen LogP contribution in [0.5, 0.6) is 11.5 Å². The lowest BCUT2D eigenvalue weighted by Crippen LogP contribution is -2.28. The molecule has 4 rings (SSSR count). The number of fused-ring (bicyclic) bond motifs is 1. The second-order valence-corrected chi connectivity index (χ2v) is 11.8. The van der Waals surface area contributed by atoms with Gasteiger partial charge in [-0.05, 0) is 54.0 Å². The minimum atomic E-state index is -0.0204. The van der Waals surface area contributed by atoms with E-state index < -0.39 is 0 Å². The van der Waals surface area contributed by atoms with Crippen LogP contribution in [0.25, 0.3) is 0 Å². The zero-order valence-electron chi connectivity index (χ0n) is 27.0. The molecule has 2 aliphatic heterocycles. The van der Waals surface area contributed by atoms with Crippen LogP contribution in [0.4, 0.5) is 5.69 Å². The molecule has 2 aromatic carbocycles. The fourth-order valence-corrected chi connectivity index (χ4v) is 5.70. The van der Waals surface area contributed by atoms with Gasteiger partial charge in [-0.15, -0.1) is 0 Å². The molecule has 0 aliphatic carbocycles. The van der Waals surface area contributed by atoms with Gasteiger partial charge in [-0.3, -0.25) is 4.79 Å². The molecule has 0 radical (unpaired) electrons. The number of hydrogen-bond donors (Lipinski definition) is 0. The van der Waals surface area contributed by atoms with Gasteiger partial charge in [0.1, 0.15) is 0 Å². The molecule has 0 saturated carbocycles. The van der Waals surface area contributed by atoms with Gasteiger partial charge in [0.15, 0.2) is 17.7 Å². The van der Waals surface area contributed by atoms with Crippen LogP contribution >= 0.6 is 0 Å². The molecule has 0 N–H and O–H groups in total. The standard InChI is InChI=1S/C38H50N3O3/c1-4-5-6-7-8-9-10-11-12-13-14-17-25-44-36-23-22-33(27-37(36)43-3)30-41(31(2)42)34-21-18-19-32(26-34)28-38-39-29-35-20-15-16-24-40(35)38/h15-16,18-24,26-27H,4-14,17,25,28,30H2,1-3H3/q+1. The van der Waals surface area contributed by atoms with Gasteiger partial charge in [0.25, 0.3) is 0 Å². The molecular formula is C38H50N3O3+. The number of methoxy groups -OCH3 is 1. The van der Waals surface area contributed by atoms with Gasteiger partial charge in [0, 0.05) is 18.8 Å². The predicted octanol–water partition coefficient (Wildman–Crippen LogP) is 9.31. The van der Waals surface area contributed by atoms with Gasteiger partial charge < -0.3 is 14.4 Å². The van der Waals surface area contributed by atoms with Gasteiger partial charge in [-0.2, -0.15) is 0 Å². The summed E-state index contributed by atoms with van der Waals surface area (Å²) in [4.78, 5) is 21.1. The summed E-state index contributed by atoms with van der Waals surface area (Å²) in [5, 5.41) is 0. The van der Waals surface area contributed by atoms with Crippen molar-refractivity contribution in [2.75, 3.05) is 18.6 Å². The number of unbranched alkanes of at least 4 members (excludes halogenated alkanes) is 11. The van der Waals surface area contributed by atoms with Crippen molar-refractivity contribution in [3.63, 3.8) is 0 Å². The van der Waals surface area contributed by atoms with Crippen LogP contribution in [0.2, 0.25) is 0 Å². The lowest BCUT2D eigenvalue weighted by atomic mass is 10.1. The minimum Gasteiger partial charge on any atom is -0.493 e. The first-order valence-electron chi connectivity index (χ1n) is 16.6. The molecule has 44 heavy (non-hydrogen) atoms. The van der Waals surface area contributed by atoms with Crippen molar-refractivity contribution in [3.8, 4) is 11.5 Å². The number of allylic oxidation sites excluding steroid dienone is 3. The highest BCUT2D eigenvalue weighted by atomic mass is 16.5. The van der Waals surface area contributed by atoms with Crippen LogP contribution in [-0.4, -0.2) is 30.4 Å². The fraction of sp³-hybridized carbons (Fsp3) is 0.474. The van der Waals surface area contributed by atoms with Crippen LogP contribution in [-0.2, 0) is 17.8 Å². The molecular weight excluding hydrogens is 546 g/mol. The van der Waals surface area contributed by atoms with Crippen LogP contribution < -0.4 is 14.4 Å². The van der Waals surface area contributed by atoms with E-state index in [9.17, 15) is 4.79 Å². The molecule has 0 aromatic heterocycles. The second-order valence-electron chi connectivity index (χ2n) is 11.8. The average molecular weight is 597 g/mol. The Bertz CT molecular complexity index is 1330. The van der Waals surface area contributed by atoms with Gasteiger partial charge in [-0.1, -0.05) is 101 Å². The quantitative estimate of drug-likeness (QED) is 0.113. The Morgan fingerprint density at radius 2 is 1.59 bits per heavy atom. The number of ether oxygens (including phenoxy) is 2. The molecule has 6 heteroatoms. The summed E-state index contributed by atoms with van der Waals surface area (Å²) in [7, 11) is 1.67. The number of aliphatic imine (C=N–C) groups is 1. The van der Waals surface area contributed by atoms with Crippen molar-refractivity contribution in [1.82, 2.24) is 4.90 Å². The van der Waals surface area contributed by atoms with E-state index in [1.165, 1.54) is 70.6 Å². The van der Waals surface area contributed by atoms with Crippen LogP contribution in [0.3, 0.4) is 0 Å². The first kappa shape index (κ1) is 33.0. The van der Waals surface area contributed by atoms with Crippen LogP contribution in [0.15, 0.2) is 77.6 Å². The molecule has 234 valence electrons. The van der Waals surface area contributed by atoms with Crippen molar-refractivity contribution in [1.29, 1.82) is 0 Å². The van der Waals surface area contributed by atoms with E-state index in [1.807, 2.05) is 59.7 Å². The van der Waals surface area contributed by atoms with E-state index in [0.717, 1.165) is 40.5 Å². The maximum absolute atomic E-state index is 12.8. The van der Waals surface area contributed by atoms with E-state index in [4.69, 9.17) is 9.47 Å². The maximum atomic E-state index is 12.8. The van der Waals surface area contributed by atoms with E-state index in [0.29, 0.717) is 25.3 Å². The Labute approximate surface area is 265 Å². The Morgan fingerprint density at radius 3 is 2.30 bits per heavy atom. The number of hydrogen-bond acceptors (Lipinski definition) is 5. The highest BCUT2D eigenvalue weighted by Gasteiger charge is 2.28. The smallest absolute Gasteiger partial charge is 0.247 e. The molecule has 2 heterocycles. The number of amides is 1. The number of benzene rings is 2. The Balaban J connectivity index is 1.22. The largest absolute Gasteiger partial charge is 0.493 e. The Hall–Kier alpha value is -3.89. The van der Waals surface area contributed by atoms with Crippen LogP contribution in [0.1, 0.15) is 102 Å². The molecule has 0 atom stereocenters. The third-order valence-corrected chi connectivity index (χ3v) is 8.23. The third kappa shape index (κ3) is 10.1. The summed E-state index contributed by atoms with van der Waals surface area (Å²) in [6.45, 7) is 5.00. The Morgan fingerprint density at radius 1 is 0.864 bits per heavy atom. The molecule has 1 amide bonds. The van der Waals surface area contributed by atoms with Gasteiger partial charge >= 0.3 is 0 Å². The SMILES string of the molecule is CCCCCCCCCCCCCCOc1ccc(CN(C(C)=O)c2cccc(CC3=N[C+]=C4C=CC=CN43)c2)cc1OC. The van der Waals surface area contributed by atoms with E-state index >= 15 is 0 Å². The van der Waals surface area contributed by atoms with Crippen molar-refractivity contribution in [2.45, 2.75) is 104 Å². The number of anilines is 1. The van der Waals surface area contributed by atoms with E-state index in [1.54, 1.807) is 18.9 Å². The van der Waals surface area contributed by atoms with E-state index in [-0.39, 0.29) is 5.91 Å². The summed E-state index contributed by atoms with van der Waals surface area (Å²) >= 11 is 0. The molecule has 0 bridgehead atoms. The zero-order valence-corrected chi connectivity index (χ0v) is 27.0. The molecule has 0 spiro atoms. The molecule has 0 saturated heterocycles. The van der Waals surface area contributed by atoms with Gasteiger partial charge in [0.05, 0.1) is 32.8 Å². The minimum absolute atomic E-state index is 0.0204. The normalized spacial score (nSPS) is 13.3. The molecule has 0 unspecified atom stereocenters.